The van der Waals surface area contributed by atoms with E-state index in [2.05, 4.69) is 39.6 Å². The number of aromatic nitrogens is 2. The molecule has 4 aromatic carbocycles. The van der Waals surface area contributed by atoms with E-state index in [1.54, 1.807) is 21.3 Å². The Balaban J connectivity index is 1.58. The Bertz CT molecular complexity index is 1600. The molecule has 184 valence electrons. The highest BCUT2D eigenvalue weighted by Crippen LogP contribution is 2.52. The van der Waals surface area contributed by atoms with Crippen molar-refractivity contribution in [1.29, 1.82) is 0 Å². The van der Waals surface area contributed by atoms with Gasteiger partial charge in [-0.05, 0) is 58.8 Å². The van der Waals surface area contributed by atoms with Gasteiger partial charge in [0.1, 0.15) is 23.6 Å². The van der Waals surface area contributed by atoms with Gasteiger partial charge in [0.15, 0.2) is 11.5 Å². The van der Waals surface area contributed by atoms with E-state index in [4.69, 9.17) is 18.9 Å². The van der Waals surface area contributed by atoms with E-state index in [0.29, 0.717) is 23.2 Å². The molecule has 1 N–H and O–H groups in total. The Morgan fingerprint density at radius 1 is 0.757 bits per heavy atom. The van der Waals surface area contributed by atoms with Crippen LogP contribution in [0.3, 0.4) is 0 Å². The van der Waals surface area contributed by atoms with Crippen LogP contribution in [0.25, 0.3) is 10.8 Å². The van der Waals surface area contributed by atoms with Gasteiger partial charge in [0.25, 0.3) is 0 Å². The highest BCUT2D eigenvalue weighted by molar-refractivity contribution is 5.91. The molecule has 1 aromatic heterocycles. The quantitative estimate of drug-likeness (QED) is 0.278. The van der Waals surface area contributed by atoms with Crippen LogP contribution in [0.5, 0.6) is 28.9 Å². The summed E-state index contributed by atoms with van der Waals surface area (Å²) in [6, 6.07) is 26.1. The van der Waals surface area contributed by atoms with Crippen LogP contribution in [0.2, 0.25) is 0 Å². The second kappa shape index (κ2) is 9.35. The molecule has 6 rings (SSSR count). The number of benzene rings is 4. The van der Waals surface area contributed by atoms with Gasteiger partial charge in [-0.25, -0.2) is 9.97 Å². The molecule has 0 fully saturated rings. The molecule has 7 heteroatoms. The van der Waals surface area contributed by atoms with E-state index in [0.717, 1.165) is 44.6 Å². The molecule has 0 amide bonds. The molecule has 0 saturated carbocycles. The average Bonchev–Trinajstić information content (AvgIpc) is 2.96. The number of nitrogens with one attached hydrogen (secondary N) is 1. The third-order valence-electron chi connectivity index (χ3n) is 6.66. The van der Waals surface area contributed by atoms with Crippen LogP contribution in [-0.2, 0) is 0 Å². The highest BCUT2D eigenvalue weighted by atomic mass is 16.5. The summed E-state index contributed by atoms with van der Waals surface area (Å²) in [4.78, 5) is 9.18. The normalized spacial score (nSPS) is 13.8. The summed E-state index contributed by atoms with van der Waals surface area (Å²) in [6.07, 6.45) is 1.52. The molecule has 1 atom stereocenters. The third kappa shape index (κ3) is 3.94. The molecule has 37 heavy (non-hydrogen) atoms. The number of rotatable bonds is 6. The first-order valence-corrected chi connectivity index (χ1v) is 11.9. The molecule has 0 bridgehead atoms. The van der Waals surface area contributed by atoms with Crippen LogP contribution < -0.4 is 24.3 Å². The van der Waals surface area contributed by atoms with Crippen molar-refractivity contribution in [2.75, 3.05) is 26.6 Å². The number of nitrogens with zero attached hydrogens (tertiary/aromatic N) is 2. The van der Waals surface area contributed by atoms with Crippen molar-refractivity contribution >= 4 is 22.3 Å². The van der Waals surface area contributed by atoms with Crippen molar-refractivity contribution in [1.82, 2.24) is 9.97 Å². The summed E-state index contributed by atoms with van der Waals surface area (Å²) in [5, 5.41) is 5.70. The molecular weight excluding hydrogens is 466 g/mol. The smallest absolute Gasteiger partial charge is 0.228 e. The molecule has 1 aliphatic rings. The van der Waals surface area contributed by atoms with E-state index < -0.39 is 0 Å². The molecule has 7 nitrogen and oxygen atoms in total. The van der Waals surface area contributed by atoms with Gasteiger partial charge in [0.05, 0.1) is 26.9 Å². The molecule has 1 aliphatic heterocycles. The number of anilines is 2. The van der Waals surface area contributed by atoms with E-state index >= 15 is 0 Å². The SMILES string of the molecule is COc1ccc(Nc2ncnc3c2C(c2ccc(OC)c(OC)c2)c2c(ccc4ccccc24)O3)cc1. The van der Waals surface area contributed by atoms with Crippen LogP contribution in [0.1, 0.15) is 22.6 Å². The zero-order valence-corrected chi connectivity index (χ0v) is 20.7. The van der Waals surface area contributed by atoms with Crippen LogP contribution in [-0.4, -0.2) is 31.3 Å². The Morgan fingerprint density at radius 3 is 2.35 bits per heavy atom. The second-order valence-electron chi connectivity index (χ2n) is 8.64. The predicted molar refractivity (Wildman–Crippen MR) is 143 cm³/mol. The van der Waals surface area contributed by atoms with Crippen molar-refractivity contribution in [3.8, 4) is 28.9 Å². The van der Waals surface area contributed by atoms with Gasteiger partial charge in [0.2, 0.25) is 5.88 Å². The van der Waals surface area contributed by atoms with Gasteiger partial charge >= 0.3 is 0 Å². The van der Waals surface area contributed by atoms with Crippen LogP contribution in [0.15, 0.2) is 85.2 Å². The summed E-state index contributed by atoms with van der Waals surface area (Å²) in [6.45, 7) is 0. The lowest BCUT2D eigenvalue weighted by Crippen LogP contribution is -2.16. The Labute approximate surface area is 214 Å². The fraction of sp³-hybridized carbons (Fsp3) is 0.133. The monoisotopic (exact) mass is 491 g/mol. The topological polar surface area (TPSA) is 74.7 Å². The van der Waals surface area contributed by atoms with Gasteiger partial charge in [-0.1, -0.05) is 36.4 Å². The first-order chi connectivity index (χ1) is 18.2. The Morgan fingerprint density at radius 2 is 1.57 bits per heavy atom. The molecule has 0 aliphatic carbocycles. The average molecular weight is 492 g/mol. The fourth-order valence-electron chi connectivity index (χ4n) is 4.91. The van der Waals surface area contributed by atoms with Crippen LogP contribution in [0.4, 0.5) is 11.5 Å². The number of hydrogen-bond acceptors (Lipinski definition) is 7. The minimum Gasteiger partial charge on any atom is -0.497 e. The Hall–Kier alpha value is -4.78. The van der Waals surface area contributed by atoms with E-state index in [1.807, 2.05) is 54.6 Å². The van der Waals surface area contributed by atoms with E-state index in [-0.39, 0.29) is 5.92 Å². The molecule has 0 saturated heterocycles. The maximum absolute atomic E-state index is 6.39. The van der Waals surface area contributed by atoms with Crippen molar-refractivity contribution < 1.29 is 18.9 Å². The predicted octanol–water partition coefficient (Wildman–Crippen LogP) is 6.69. The number of fused-ring (bicyclic) bond motifs is 4. The van der Waals surface area contributed by atoms with Crippen LogP contribution in [0, 0.1) is 0 Å². The molecule has 2 heterocycles. The Kier molecular flexibility index (Phi) is 5.73. The molecular formula is C30H25N3O4. The first kappa shape index (κ1) is 22.7. The van der Waals surface area contributed by atoms with E-state index in [9.17, 15) is 0 Å². The van der Waals surface area contributed by atoms with Crippen molar-refractivity contribution in [3.63, 3.8) is 0 Å². The third-order valence-corrected chi connectivity index (χ3v) is 6.66. The van der Waals surface area contributed by atoms with Gasteiger partial charge in [0, 0.05) is 17.2 Å². The zero-order chi connectivity index (χ0) is 25.4. The van der Waals surface area contributed by atoms with Gasteiger partial charge < -0.3 is 24.3 Å². The maximum Gasteiger partial charge on any atom is 0.228 e. The standard InChI is InChI=1S/C30H25N3O4/c1-34-21-12-10-20(11-13-21)33-29-28-26(19-9-14-23(35-2)25(16-19)36-3)27-22-7-5-4-6-18(22)8-15-24(27)37-30(28)32-17-31-29/h4-17,26H,1-3H3,(H,31,32,33). The lowest BCUT2D eigenvalue weighted by Gasteiger charge is -2.30. The first-order valence-electron chi connectivity index (χ1n) is 11.9. The lowest BCUT2D eigenvalue weighted by atomic mass is 9.81. The summed E-state index contributed by atoms with van der Waals surface area (Å²) >= 11 is 0. The molecule has 1 unspecified atom stereocenters. The highest BCUT2D eigenvalue weighted by Gasteiger charge is 2.35. The summed E-state index contributed by atoms with van der Waals surface area (Å²) in [5.41, 5.74) is 3.77. The fourth-order valence-corrected chi connectivity index (χ4v) is 4.91. The largest absolute Gasteiger partial charge is 0.497 e. The summed E-state index contributed by atoms with van der Waals surface area (Å²) in [5.74, 6) is 3.80. The number of ether oxygens (including phenoxy) is 4. The van der Waals surface area contributed by atoms with Crippen LogP contribution >= 0.6 is 0 Å². The van der Waals surface area contributed by atoms with Crippen molar-refractivity contribution in [2.24, 2.45) is 0 Å². The van der Waals surface area contributed by atoms with E-state index in [1.165, 1.54) is 6.33 Å². The number of methoxy groups -OCH3 is 3. The van der Waals surface area contributed by atoms with Gasteiger partial charge in [-0.3, -0.25) is 0 Å². The summed E-state index contributed by atoms with van der Waals surface area (Å²) in [7, 11) is 4.92. The number of hydrogen-bond donors (Lipinski definition) is 1. The minimum absolute atomic E-state index is 0.230. The van der Waals surface area contributed by atoms with Gasteiger partial charge in [-0.15, -0.1) is 0 Å². The van der Waals surface area contributed by atoms with Gasteiger partial charge in [-0.2, -0.15) is 0 Å². The molecule has 0 radical (unpaired) electrons. The maximum atomic E-state index is 6.39. The van der Waals surface area contributed by atoms with Crippen molar-refractivity contribution in [3.05, 3.63) is 102 Å². The second-order valence-corrected chi connectivity index (χ2v) is 8.64. The lowest BCUT2D eigenvalue weighted by molar-refractivity contribution is 0.354. The molecule has 5 aromatic rings. The van der Waals surface area contributed by atoms with Crippen molar-refractivity contribution in [2.45, 2.75) is 5.92 Å². The molecule has 0 spiro atoms. The minimum atomic E-state index is -0.230. The zero-order valence-electron chi connectivity index (χ0n) is 20.7. The summed E-state index contributed by atoms with van der Waals surface area (Å²) < 4.78 is 22.9.